The van der Waals surface area contributed by atoms with Gasteiger partial charge in [-0.3, -0.25) is 9.79 Å². The third-order valence-electron chi connectivity index (χ3n) is 5.48. The lowest BCUT2D eigenvalue weighted by atomic mass is 10.1. The summed E-state index contributed by atoms with van der Waals surface area (Å²) in [5, 5.41) is 32.2. The van der Waals surface area contributed by atoms with Crippen LogP contribution in [0.4, 0.5) is 5.82 Å². The number of likely N-dealkylation sites (N-methyl/N-ethyl adjacent to an activating group) is 1. The molecule has 1 saturated carbocycles. The van der Waals surface area contributed by atoms with Crippen LogP contribution in [0, 0.1) is 11.3 Å². The summed E-state index contributed by atoms with van der Waals surface area (Å²) in [4.78, 5) is 27.6. The van der Waals surface area contributed by atoms with Gasteiger partial charge in [0.25, 0.3) is 5.91 Å². The fourth-order valence-electron chi connectivity index (χ4n) is 3.87. The van der Waals surface area contributed by atoms with E-state index < -0.39 is 12.2 Å². The molecule has 9 heteroatoms. The predicted molar refractivity (Wildman–Crippen MR) is 109 cm³/mol. The highest BCUT2D eigenvalue weighted by atomic mass is 16.3. The normalized spacial score (nSPS) is 22.2. The average Bonchev–Trinajstić information content (AvgIpc) is 3.32. The van der Waals surface area contributed by atoms with Crippen LogP contribution in [0.15, 0.2) is 35.6 Å². The summed E-state index contributed by atoms with van der Waals surface area (Å²) in [7, 11) is 1.68. The number of rotatable bonds is 5. The number of hydrogen-bond donors (Lipinski definition) is 3. The Hall–Kier alpha value is -3.35. The summed E-state index contributed by atoms with van der Waals surface area (Å²) < 4.78 is 0. The molecule has 2 aromatic rings. The van der Waals surface area contributed by atoms with Crippen LogP contribution in [-0.4, -0.2) is 62.0 Å². The summed E-state index contributed by atoms with van der Waals surface area (Å²) in [6, 6.07) is 8.84. The van der Waals surface area contributed by atoms with Gasteiger partial charge in [0, 0.05) is 13.6 Å². The number of hydrogen-bond acceptors (Lipinski definition) is 8. The third kappa shape index (κ3) is 3.75. The highest BCUT2D eigenvalue weighted by Crippen LogP contribution is 2.28. The molecule has 4 rings (SSSR count). The van der Waals surface area contributed by atoms with E-state index in [9.17, 15) is 15.0 Å². The Kier molecular flexibility index (Phi) is 5.44. The maximum absolute atomic E-state index is 13.1. The highest BCUT2D eigenvalue weighted by Gasteiger charge is 2.36. The molecule has 0 saturated heterocycles. The molecule has 1 aliphatic carbocycles. The molecule has 3 N–H and O–H groups in total. The fraction of sp³-hybridized carbons (Fsp3) is 0.381. The molecule has 2 aliphatic rings. The quantitative estimate of drug-likeness (QED) is 0.662. The van der Waals surface area contributed by atoms with Crippen molar-refractivity contribution in [2.24, 2.45) is 4.99 Å². The molecule has 1 amide bonds. The Balaban J connectivity index is 1.54. The van der Waals surface area contributed by atoms with E-state index in [0.717, 1.165) is 5.56 Å². The van der Waals surface area contributed by atoms with Crippen molar-refractivity contribution in [1.82, 2.24) is 14.9 Å². The van der Waals surface area contributed by atoms with Gasteiger partial charge in [-0.1, -0.05) is 12.1 Å². The average molecular weight is 406 g/mol. The van der Waals surface area contributed by atoms with Gasteiger partial charge in [-0.05, 0) is 30.5 Å². The van der Waals surface area contributed by atoms with Crippen LogP contribution >= 0.6 is 0 Å². The monoisotopic (exact) mass is 406 g/mol. The van der Waals surface area contributed by atoms with Crippen molar-refractivity contribution in [3.05, 3.63) is 53.0 Å². The van der Waals surface area contributed by atoms with Gasteiger partial charge in [0.2, 0.25) is 0 Å². The van der Waals surface area contributed by atoms with Crippen LogP contribution in [0.1, 0.15) is 35.2 Å². The molecule has 0 unspecified atom stereocenters. The van der Waals surface area contributed by atoms with E-state index in [-0.39, 0.29) is 24.2 Å². The Morgan fingerprint density at radius 1 is 1.33 bits per heavy atom. The molecule has 1 aliphatic heterocycles. The molecule has 2 heterocycles. The van der Waals surface area contributed by atoms with Gasteiger partial charge in [-0.2, -0.15) is 5.26 Å². The smallest absolute Gasteiger partial charge is 0.272 e. The standard InChI is InChI=1S/C21H22N6O3/c1-27(10-13-4-2-3-12(7-13)8-22)21(30)18-17-15(9-23-18)24-11-25-20(17)26-14-5-6-16(28)19(14)29/h2-4,7,11,14,16,19,28-29H,5-6,9-10H2,1H3,(H,24,25,26)/t14-,16-,19+/m1/s1. The minimum atomic E-state index is -0.900. The lowest BCUT2D eigenvalue weighted by Gasteiger charge is -2.21. The largest absolute Gasteiger partial charge is 0.390 e. The van der Waals surface area contributed by atoms with Crippen molar-refractivity contribution in [3.63, 3.8) is 0 Å². The number of fused-ring (bicyclic) bond motifs is 1. The second-order valence-electron chi connectivity index (χ2n) is 7.57. The number of aliphatic imine (C=N–C) groups is 1. The topological polar surface area (TPSA) is 135 Å². The summed E-state index contributed by atoms with van der Waals surface area (Å²) in [6.07, 6.45) is 0.817. The van der Waals surface area contributed by atoms with E-state index >= 15 is 0 Å². The van der Waals surface area contributed by atoms with Gasteiger partial charge in [0.05, 0.1) is 47.7 Å². The number of carbonyl (C=O) groups excluding carboxylic acids is 1. The maximum Gasteiger partial charge on any atom is 0.272 e. The van der Waals surface area contributed by atoms with Crippen LogP contribution in [0.5, 0.6) is 0 Å². The highest BCUT2D eigenvalue weighted by molar-refractivity contribution is 6.47. The van der Waals surface area contributed by atoms with Gasteiger partial charge >= 0.3 is 0 Å². The molecular formula is C21H22N6O3. The summed E-state index contributed by atoms with van der Waals surface area (Å²) in [5.41, 5.74) is 2.82. The first-order valence-electron chi connectivity index (χ1n) is 9.73. The second kappa shape index (κ2) is 8.18. The molecule has 9 nitrogen and oxygen atoms in total. The van der Waals surface area contributed by atoms with Crippen LogP contribution in [0.3, 0.4) is 0 Å². The molecule has 1 fully saturated rings. The van der Waals surface area contributed by atoms with Crippen LogP contribution in [-0.2, 0) is 17.9 Å². The predicted octanol–water partition coefficient (Wildman–Crippen LogP) is 0.606. The molecule has 1 aromatic heterocycles. The lowest BCUT2D eigenvalue weighted by Crippen LogP contribution is -2.36. The van der Waals surface area contributed by atoms with Crippen LogP contribution in [0.2, 0.25) is 0 Å². The van der Waals surface area contributed by atoms with Gasteiger partial charge in [0.15, 0.2) is 0 Å². The first kappa shape index (κ1) is 19.9. The number of nitrogens with zero attached hydrogens (tertiary/aromatic N) is 5. The molecule has 3 atom stereocenters. The van der Waals surface area contributed by atoms with Gasteiger partial charge in [-0.15, -0.1) is 0 Å². The van der Waals surface area contributed by atoms with E-state index in [4.69, 9.17) is 5.26 Å². The molecule has 30 heavy (non-hydrogen) atoms. The number of aliphatic hydroxyl groups is 2. The first-order chi connectivity index (χ1) is 14.5. The number of nitrogens with one attached hydrogen (secondary N) is 1. The zero-order valence-electron chi connectivity index (χ0n) is 16.5. The van der Waals surface area contributed by atoms with Gasteiger partial charge < -0.3 is 20.4 Å². The van der Waals surface area contributed by atoms with Gasteiger partial charge in [0.1, 0.15) is 17.9 Å². The number of carbonyl (C=O) groups is 1. The third-order valence-corrected chi connectivity index (χ3v) is 5.48. The fourth-order valence-corrected chi connectivity index (χ4v) is 3.87. The second-order valence-corrected chi connectivity index (χ2v) is 7.57. The van der Waals surface area contributed by atoms with Gasteiger partial charge in [-0.25, -0.2) is 9.97 Å². The Labute approximate surface area is 173 Å². The van der Waals surface area contributed by atoms with Crippen molar-refractivity contribution in [3.8, 4) is 6.07 Å². The summed E-state index contributed by atoms with van der Waals surface area (Å²) in [6.45, 7) is 0.605. The molecule has 1 aromatic carbocycles. The van der Waals surface area contributed by atoms with Crippen molar-refractivity contribution in [2.75, 3.05) is 12.4 Å². The van der Waals surface area contributed by atoms with E-state index in [0.29, 0.717) is 42.0 Å². The van der Waals surface area contributed by atoms with E-state index in [1.807, 2.05) is 6.07 Å². The van der Waals surface area contributed by atoms with E-state index in [2.05, 4.69) is 26.3 Å². The number of aromatic nitrogens is 2. The minimum absolute atomic E-state index is 0.264. The number of nitriles is 1. The first-order valence-corrected chi connectivity index (χ1v) is 9.73. The summed E-state index contributed by atoms with van der Waals surface area (Å²) >= 11 is 0. The Morgan fingerprint density at radius 2 is 2.17 bits per heavy atom. The molecular weight excluding hydrogens is 384 g/mol. The number of amides is 1. The molecule has 0 bridgehead atoms. The molecule has 154 valence electrons. The van der Waals surface area contributed by atoms with Crippen LogP contribution < -0.4 is 5.32 Å². The molecule has 0 radical (unpaired) electrons. The minimum Gasteiger partial charge on any atom is -0.390 e. The number of benzene rings is 1. The maximum atomic E-state index is 13.1. The van der Waals surface area contributed by atoms with Crippen molar-refractivity contribution in [2.45, 2.75) is 44.2 Å². The summed E-state index contributed by atoms with van der Waals surface area (Å²) in [5.74, 6) is 0.156. The van der Waals surface area contributed by atoms with E-state index in [1.54, 1.807) is 25.2 Å². The van der Waals surface area contributed by atoms with Crippen molar-refractivity contribution < 1.29 is 15.0 Å². The van der Waals surface area contributed by atoms with Crippen molar-refractivity contribution in [1.29, 1.82) is 5.26 Å². The number of aliphatic hydroxyl groups excluding tert-OH is 2. The molecule has 0 spiro atoms. The SMILES string of the molecule is CN(Cc1cccc(C#N)c1)C(=O)C1=NCc2ncnc(N[C@@H]3CC[C@@H](O)[C@H]3O)c21. The number of anilines is 1. The Morgan fingerprint density at radius 3 is 2.90 bits per heavy atom. The zero-order chi connectivity index (χ0) is 21.3. The zero-order valence-corrected chi connectivity index (χ0v) is 16.5. The van der Waals surface area contributed by atoms with Crippen molar-refractivity contribution >= 4 is 17.4 Å². The van der Waals surface area contributed by atoms with Crippen LogP contribution in [0.25, 0.3) is 0 Å². The van der Waals surface area contributed by atoms with E-state index in [1.165, 1.54) is 11.2 Å². The Bertz CT molecular complexity index is 1050. The lowest BCUT2D eigenvalue weighted by molar-refractivity contribution is -0.123.